The fourth-order valence-corrected chi connectivity index (χ4v) is 2.21. The molecule has 1 fully saturated rings. The molecule has 2 N–H and O–H groups in total. The van der Waals surface area contributed by atoms with E-state index < -0.39 is 11.6 Å². The van der Waals surface area contributed by atoms with E-state index in [1.54, 1.807) is 7.11 Å². The van der Waals surface area contributed by atoms with E-state index >= 15 is 0 Å². The lowest BCUT2D eigenvalue weighted by Crippen LogP contribution is -2.64. The van der Waals surface area contributed by atoms with E-state index in [1.807, 2.05) is 37.3 Å². The smallest absolute Gasteiger partial charge is 0.307 e. The summed E-state index contributed by atoms with van der Waals surface area (Å²) in [5.41, 5.74) is 0.331. The number of allylic oxidation sites excluding steroid dienone is 1. The summed E-state index contributed by atoms with van der Waals surface area (Å²) in [4.78, 5) is 10.9. The lowest BCUT2D eigenvalue weighted by atomic mass is 9.92. The molecule has 1 aliphatic rings. The van der Waals surface area contributed by atoms with E-state index in [1.165, 1.54) is 0 Å². The number of benzene rings is 1. The van der Waals surface area contributed by atoms with E-state index in [2.05, 4.69) is 5.32 Å². The number of nitrogens with one attached hydrogen (secondary N) is 1. The second-order valence-corrected chi connectivity index (χ2v) is 4.87. The van der Waals surface area contributed by atoms with Crippen LogP contribution >= 0.6 is 0 Å². The van der Waals surface area contributed by atoms with Crippen LogP contribution < -0.4 is 14.8 Å². The average Bonchev–Trinajstić information content (AvgIpc) is 2.37. The van der Waals surface area contributed by atoms with Gasteiger partial charge in [0.05, 0.1) is 13.5 Å². The molecule has 1 saturated heterocycles. The molecule has 5 heteroatoms. The molecule has 0 bridgehead atoms. The van der Waals surface area contributed by atoms with Gasteiger partial charge in [0.15, 0.2) is 11.5 Å². The van der Waals surface area contributed by atoms with E-state index in [0.29, 0.717) is 24.6 Å². The van der Waals surface area contributed by atoms with Gasteiger partial charge in [-0.1, -0.05) is 18.2 Å². The molecular formula is C15H19NO4. The molecule has 0 aromatic heterocycles. The van der Waals surface area contributed by atoms with Crippen molar-refractivity contribution in [2.24, 2.45) is 0 Å². The van der Waals surface area contributed by atoms with Crippen LogP contribution in [0.2, 0.25) is 0 Å². The maximum atomic E-state index is 10.9. The van der Waals surface area contributed by atoms with Gasteiger partial charge < -0.3 is 19.9 Å². The van der Waals surface area contributed by atoms with Gasteiger partial charge >= 0.3 is 5.97 Å². The Balaban J connectivity index is 2.21. The second-order valence-electron chi connectivity index (χ2n) is 4.87. The molecular weight excluding hydrogens is 258 g/mol. The van der Waals surface area contributed by atoms with Gasteiger partial charge in [0.2, 0.25) is 0 Å². The summed E-state index contributed by atoms with van der Waals surface area (Å²) in [6, 6.07) is 5.60. The molecule has 20 heavy (non-hydrogen) atoms. The number of hydrogen-bond acceptors (Lipinski definition) is 4. The zero-order chi connectivity index (χ0) is 14.6. The number of carboxylic acids is 1. The highest BCUT2D eigenvalue weighted by molar-refractivity contribution is 5.68. The Kier molecular flexibility index (Phi) is 4.29. The number of methoxy groups -OCH3 is 1. The molecule has 0 aliphatic carbocycles. The fraction of sp³-hybridized carbons (Fsp3) is 0.400. The SMILES string of the molecule is C/C=C/c1ccc(OC2(CC(=O)O)CNC2)c(OC)c1. The predicted octanol–water partition coefficient (Wildman–Crippen LogP) is 1.92. The van der Waals surface area contributed by atoms with Gasteiger partial charge in [0.1, 0.15) is 5.60 Å². The minimum Gasteiger partial charge on any atom is -0.493 e. The summed E-state index contributed by atoms with van der Waals surface area (Å²) in [5, 5.41) is 12.0. The van der Waals surface area contributed by atoms with E-state index in [-0.39, 0.29) is 6.42 Å². The van der Waals surface area contributed by atoms with Crippen molar-refractivity contribution in [1.82, 2.24) is 5.32 Å². The van der Waals surface area contributed by atoms with Gasteiger partial charge in [-0.3, -0.25) is 4.79 Å². The van der Waals surface area contributed by atoms with Crippen molar-refractivity contribution in [3.63, 3.8) is 0 Å². The lowest BCUT2D eigenvalue weighted by Gasteiger charge is -2.41. The first-order valence-electron chi connectivity index (χ1n) is 6.51. The second kappa shape index (κ2) is 5.96. The van der Waals surface area contributed by atoms with Crippen LogP contribution in [0.1, 0.15) is 18.9 Å². The van der Waals surface area contributed by atoms with Crippen molar-refractivity contribution in [1.29, 1.82) is 0 Å². The minimum absolute atomic E-state index is 0.0280. The van der Waals surface area contributed by atoms with Gasteiger partial charge in [-0.05, 0) is 24.6 Å². The highest BCUT2D eigenvalue weighted by Crippen LogP contribution is 2.34. The van der Waals surface area contributed by atoms with E-state index in [4.69, 9.17) is 14.6 Å². The summed E-state index contributed by atoms with van der Waals surface area (Å²) in [5.74, 6) is 0.316. The molecule has 1 aromatic rings. The molecule has 0 atom stereocenters. The van der Waals surface area contributed by atoms with Crippen LogP contribution in [0.3, 0.4) is 0 Å². The summed E-state index contributed by atoms with van der Waals surface area (Å²) in [7, 11) is 1.57. The first-order valence-corrected chi connectivity index (χ1v) is 6.51. The highest BCUT2D eigenvalue weighted by atomic mass is 16.5. The third-order valence-corrected chi connectivity index (χ3v) is 3.24. The van der Waals surface area contributed by atoms with Crippen molar-refractivity contribution < 1.29 is 19.4 Å². The zero-order valence-corrected chi connectivity index (χ0v) is 11.7. The maximum Gasteiger partial charge on any atom is 0.307 e. The van der Waals surface area contributed by atoms with Crippen LogP contribution in [-0.4, -0.2) is 36.9 Å². The van der Waals surface area contributed by atoms with Crippen molar-refractivity contribution in [2.45, 2.75) is 18.9 Å². The van der Waals surface area contributed by atoms with Crippen LogP contribution in [0.5, 0.6) is 11.5 Å². The summed E-state index contributed by atoms with van der Waals surface area (Å²) in [6.07, 6.45) is 3.88. The Morgan fingerprint density at radius 3 is 2.70 bits per heavy atom. The summed E-state index contributed by atoms with van der Waals surface area (Å²) in [6.45, 7) is 3.00. The monoisotopic (exact) mass is 277 g/mol. The van der Waals surface area contributed by atoms with Crippen LogP contribution in [0.4, 0.5) is 0 Å². The molecule has 1 heterocycles. The standard InChI is InChI=1S/C15H19NO4/c1-3-4-11-5-6-12(13(7-11)19-2)20-15(8-14(17)18)9-16-10-15/h3-7,16H,8-10H2,1-2H3,(H,17,18)/b4-3+. The molecule has 0 saturated carbocycles. The molecule has 108 valence electrons. The molecule has 0 amide bonds. The third kappa shape index (κ3) is 3.11. The maximum absolute atomic E-state index is 10.9. The van der Waals surface area contributed by atoms with Crippen molar-refractivity contribution in [3.8, 4) is 11.5 Å². The number of carboxylic acid groups (broad SMARTS) is 1. The Hall–Kier alpha value is -2.01. The van der Waals surface area contributed by atoms with Crippen molar-refractivity contribution in [3.05, 3.63) is 29.8 Å². The molecule has 0 radical (unpaired) electrons. The molecule has 2 rings (SSSR count). The first-order chi connectivity index (χ1) is 9.58. The van der Waals surface area contributed by atoms with Crippen LogP contribution in [0, 0.1) is 0 Å². The van der Waals surface area contributed by atoms with Crippen LogP contribution in [0.15, 0.2) is 24.3 Å². The average molecular weight is 277 g/mol. The zero-order valence-electron chi connectivity index (χ0n) is 11.7. The Bertz CT molecular complexity index is 521. The highest BCUT2D eigenvalue weighted by Gasteiger charge is 2.42. The Labute approximate surface area is 118 Å². The van der Waals surface area contributed by atoms with Gasteiger partial charge in [-0.25, -0.2) is 0 Å². The molecule has 0 spiro atoms. The number of hydrogen-bond donors (Lipinski definition) is 2. The lowest BCUT2D eigenvalue weighted by molar-refractivity contribution is -0.143. The number of carbonyl (C=O) groups is 1. The van der Waals surface area contributed by atoms with Crippen LogP contribution in [0.25, 0.3) is 6.08 Å². The normalized spacial score (nSPS) is 16.7. The van der Waals surface area contributed by atoms with Gasteiger partial charge in [-0.15, -0.1) is 0 Å². The topological polar surface area (TPSA) is 67.8 Å². The molecule has 0 unspecified atom stereocenters. The van der Waals surface area contributed by atoms with Crippen LogP contribution in [-0.2, 0) is 4.79 Å². The third-order valence-electron chi connectivity index (χ3n) is 3.24. The Morgan fingerprint density at radius 2 is 2.20 bits per heavy atom. The summed E-state index contributed by atoms with van der Waals surface area (Å²) < 4.78 is 11.2. The van der Waals surface area contributed by atoms with Gasteiger partial charge in [0.25, 0.3) is 0 Å². The molecule has 1 aliphatic heterocycles. The minimum atomic E-state index is -0.865. The summed E-state index contributed by atoms with van der Waals surface area (Å²) >= 11 is 0. The fourth-order valence-electron chi connectivity index (χ4n) is 2.21. The largest absolute Gasteiger partial charge is 0.493 e. The number of rotatable bonds is 6. The number of aliphatic carboxylic acids is 1. The quantitative estimate of drug-likeness (QED) is 0.831. The first kappa shape index (κ1) is 14.4. The van der Waals surface area contributed by atoms with Crippen molar-refractivity contribution >= 4 is 12.0 Å². The van der Waals surface area contributed by atoms with E-state index in [0.717, 1.165) is 5.56 Å². The Morgan fingerprint density at radius 1 is 1.45 bits per heavy atom. The van der Waals surface area contributed by atoms with Gasteiger partial charge in [-0.2, -0.15) is 0 Å². The molecule has 1 aromatic carbocycles. The predicted molar refractivity (Wildman–Crippen MR) is 76.2 cm³/mol. The number of ether oxygens (including phenoxy) is 2. The molecule has 5 nitrogen and oxygen atoms in total. The van der Waals surface area contributed by atoms with E-state index in [9.17, 15) is 4.79 Å². The van der Waals surface area contributed by atoms with Gasteiger partial charge in [0, 0.05) is 13.1 Å². The van der Waals surface area contributed by atoms with Crippen molar-refractivity contribution in [2.75, 3.05) is 20.2 Å².